The molecule has 4 saturated heterocycles. The minimum atomic E-state index is 0.734. The van der Waals surface area contributed by atoms with Gasteiger partial charge >= 0.3 is 0 Å². The number of benzene rings is 4. The third kappa shape index (κ3) is 25.5. The van der Waals surface area contributed by atoms with Gasteiger partial charge in [-0.1, -0.05) is 117 Å². The number of halogens is 3. The first kappa shape index (κ1) is 71.7. The van der Waals surface area contributed by atoms with E-state index in [1.54, 1.807) is 0 Å². The maximum atomic E-state index is 6.05. The van der Waals surface area contributed by atoms with Gasteiger partial charge in [0.15, 0.2) is 0 Å². The van der Waals surface area contributed by atoms with Crippen molar-refractivity contribution >= 4 is 101 Å². The largest absolute Gasteiger partial charge is 0.384 e. The van der Waals surface area contributed by atoms with E-state index >= 15 is 0 Å². The Morgan fingerprint density at radius 3 is 1.03 bits per heavy atom. The summed E-state index contributed by atoms with van der Waals surface area (Å²) in [4.78, 5) is 28.2. The van der Waals surface area contributed by atoms with Crippen LogP contribution >= 0.6 is 34.8 Å². The van der Waals surface area contributed by atoms with Crippen molar-refractivity contribution in [3.8, 4) is 0 Å². The second-order valence-electron chi connectivity index (χ2n) is 26.3. The standard InChI is InChI=1S/C22H32ClN3.C21H31N3.C18H24ClN3.C17H22ClN3/c23-19-10-11-20-21(12-14-25-22(20)18-19)24-13-6-3-1-2-4-7-15-26-16-8-5-9-17-26;1-18-17-21(19-11-5-6-12-20(19)23-18)22-13-7-2-3-8-14-24-15-9-4-10-16-24;19-15-6-7-16-17(8-10-21-18(16)14-15)20-9-2-5-13-22-11-3-1-4-12-22;18-14-5-6-15-16(7-9-20-17(15)13-14)19-8-4-12-21-10-2-1-3-11-21/h10-12,14,18H,1-9,13,15-17H2,(H,24,25);5-6,11-12,17H,2-4,7-10,13-16H2,1H3,(H,22,23);6-8,10,14H,1-5,9,11-13H2,(H,20,21);5-7,9,13H,1-4,8,10-12H2,(H,19,20). The van der Waals surface area contributed by atoms with E-state index in [4.69, 9.17) is 34.8 Å². The lowest BCUT2D eigenvalue weighted by atomic mass is 10.1. The number of likely N-dealkylation sites (tertiary alicyclic amines) is 4. The van der Waals surface area contributed by atoms with Crippen molar-refractivity contribution < 1.29 is 0 Å². The lowest BCUT2D eigenvalue weighted by Gasteiger charge is -2.26. The molecule has 12 rings (SSSR count). The summed E-state index contributed by atoms with van der Waals surface area (Å²) in [6, 6.07) is 34.3. The minimum absolute atomic E-state index is 0.734. The van der Waals surface area contributed by atoms with Gasteiger partial charge in [0.1, 0.15) is 0 Å². The van der Waals surface area contributed by atoms with Crippen LogP contribution in [0.5, 0.6) is 0 Å². The molecule has 4 aliphatic rings. The van der Waals surface area contributed by atoms with E-state index in [1.807, 2.05) is 79.3 Å². The second kappa shape index (κ2) is 41.4. The number of para-hydroxylation sites is 1. The molecule has 0 bridgehead atoms. The lowest BCUT2D eigenvalue weighted by molar-refractivity contribution is 0.224. The molecule has 4 aromatic carbocycles. The fraction of sp³-hybridized carbons (Fsp3) is 0.538. The van der Waals surface area contributed by atoms with E-state index in [1.165, 1.54) is 250 Å². The highest BCUT2D eigenvalue weighted by molar-refractivity contribution is 6.32. The molecule has 8 heterocycles. The average Bonchev–Trinajstić information content (AvgIpc) is 1.61. The Morgan fingerprint density at radius 2 is 0.624 bits per heavy atom. The van der Waals surface area contributed by atoms with Gasteiger partial charge in [0.05, 0.1) is 22.1 Å². The van der Waals surface area contributed by atoms with Gasteiger partial charge in [-0.3, -0.25) is 19.9 Å². The summed E-state index contributed by atoms with van der Waals surface area (Å²) in [6.07, 6.45) is 39.3. The monoisotopic (exact) mass is 1320 g/mol. The number of rotatable bonds is 29. The number of nitrogens with one attached hydrogen (secondary N) is 4. The van der Waals surface area contributed by atoms with Gasteiger partial charge in [-0.05, 0) is 267 Å². The average molecular weight is 1320 g/mol. The first-order valence-corrected chi connectivity index (χ1v) is 37.3. The number of aromatic nitrogens is 4. The molecule has 12 nitrogen and oxygen atoms in total. The molecule has 0 saturated carbocycles. The topological polar surface area (TPSA) is 113 Å². The second-order valence-corrected chi connectivity index (χ2v) is 27.6. The predicted molar refractivity (Wildman–Crippen MR) is 402 cm³/mol. The quantitative estimate of drug-likeness (QED) is 0.0335. The van der Waals surface area contributed by atoms with Gasteiger partial charge < -0.3 is 40.9 Å². The van der Waals surface area contributed by atoms with Crippen molar-refractivity contribution in [1.29, 1.82) is 0 Å². The van der Waals surface area contributed by atoms with Crippen LogP contribution in [0.4, 0.5) is 22.7 Å². The normalized spacial score (nSPS) is 15.8. The SMILES string of the molecule is Cc1cc(NCCCCCCN2CCCCC2)c2ccccc2n1.Clc1ccc2c(NCCCCCCCCN3CCCCC3)ccnc2c1.Clc1ccc2c(NCCCCN3CCCCC3)ccnc2c1.Clc1ccc2c(NCCCN3CCCCC3)ccnc2c1. The van der Waals surface area contributed by atoms with E-state index in [0.717, 1.165) is 102 Å². The zero-order valence-electron chi connectivity index (χ0n) is 56.2. The molecule has 4 aliphatic heterocycles. The van der Waals surface area contributed by atoms with E-state index in [0.29, 0.717) is 0 Å². The Kier molecular flexibility index (Phi) is 31.9. The Hall–Kier alpha value is -5.57. The molecule has 0 aliphatic carbocycles. The van der Waals surface area contributed by atoms with Gasteiger partial charge in [-0.2, -0.15) is 0 Å². The van der Waals surface area contributed by atoms with Crippen LogP contribution in [0.25, 0.3) is 43.6 Å². The molecule has 4 fully saturated rings. The summed E-state index contributed by atoms with van der Waals surface area (Å²) < 4.78 is 0. The first-order chi connectivity index (χ1) is 45.8. The Balaban J connectivity index is 0.000000147. The van der Waals surface area contributed by atoms with Crippen LogP contribution in [0.2, 0.25) is 15.1 Å². The number of fused-ring (bicyclic) bond motifs is 4. The smallest absolute Gasteiger partial charge is 0.0737 e. The van der Waals surface area contributed by atoms with Gasteiger partial charge in [0.25, 0.3) is 0 Å². The molecule has 0 spiro atoms. The molecule has 93 heavy (non-hydrogen) atoms. The fourth-order valence-electron chi connectivity index (χ4n) is 13.6. The van der Waals surface area contributed by atoms with Crippen LogP contribution in [0, 0.1) is 6.92 Å². The summed E-state index contributed by atoms with van der Waals surface area (Å²) in [5.41, 5.74) is 9.71. The van der Waals surface area contributed by atoms with Crippen LogP contribution in [0.1, 0.15) is 166 Å². The van der Waals surface area contributed by atoms with Crippen molar-refractivity contribution in [3.05, 3.63) is 142 Å². The van der Waals surface area contributed by atoms with Gasteiger partial charge in [-0.25, -0.2) is 0 Å². The highest BCUT2D eigenvalue weighted by atomic mass is 35.5. The number of pyridine rings is 4. The number of aryl methyl sites for hydroxylation is 1. The van der Waals surface area contributed by atoms with Gasteiger partial charge in [0, 0.05) is 110 Å². The van der Waals surface area contributed by atoms with E-state index < -0.39 is 0 Å². The Morgan fingerprint density at radius 1 is 0.312 bits per heavy atom. The summed E-state index contributed by atoms with van der Waals surface area (Å²) in [7, 11) is 0. The maximum absolute atomic E-state index is 6.05. The molecular weight excluding hydrogens is 1210 g/mol. The van der Waals surface area contributed by atoms with Crippen molar-refractivity contribution in [2.75, 3.05) is 126 Å². The predicted octanol–water partition coefficient (Wildman–Crippen LogP) is 19.9. The van der Waals surface area contributed by atoms with Gasteiger partial charge in [0.2, 0.25) is 0 Å². The van der Waals surface area contributed by atoms with Crippen LogP contribution in [0.3, 0.4) is 0 Å². The molecule has 4 aromatic heterocycles. The van der Waals surface area contributed by atoms with Crippen molar-refractivity contribution in [2.24, 2.45) is 0 Å². The number of piperidine rings is 4. The third-order valence-electron chi connectivity index (χ3n) is 18.9. The van der Waals surface area contributed by atoms with Gasteiger partial charge in [-0.15, -0.1) is 0 Å². The number of hydrogen-bond acceptors (Lipinski definition) is 12. The number of anilines is 4. The highest BCUT2D eigenvalue weighted by Gasteiger charge is 2.14. The zero-order valence-corrected chi connectivity index (χ0v) is 58.5. The molecular formula is C78H109Cl3N12. The van der Waals surface area contributed by atoms with Crippen LogP contribution in [-0.4, -0.2) is 144 Å². The Labute approximate surface area is 573 Å². The molecule has 15 heteroatoms. The molecule has 0 atom stereocenters. The summed E-state index contributed by atoms with van der Waals surface area (Å²) in [6.45, 7) is 21.7. The summed E-state index contributed by atoms with van der Waals surface area (Å²) in [5.74, 6) is 0. The maximum Gasteiger partial charge on any atom is 0.0737 e. The minimum Gasteiger partial charge on any atom is -0.384 e. The Bertz CT molecular complexity index is 3400. The summed E-state index contributed by atoms with van der Waals surface area (Å²) in [5, 5.41) is 21.1. The van der Waals surface area contributed by atoms with E-state index in [2.05, 4.69) is 110 Å². The van der Waals surface area contributed by atoms with Crippen LogP contribution in [0.15, 0.2) is 122 Å². The lowest BCUT2D eigenvalue weighted by Crippen LogP contribution is -2.31. The van der Waals surface area contributed by atoms with E-state index in [9.17, 15) is 0 Å². The summed E-state index contributed by atoms with van der Waals surface area (Å²) >= 11 is 18.1. The van der Waals surface area contributed by atoms with Crippen LogP contribution in [-0.2, 0) is 0 Å². The number of hydrogen-bond donors (Lipinski definition) is 4. The first-order valence-electron chi connectivity index (χ1n) is 36.2. The van der Waals surface area contributed by atoms with E-state index in [-0.39, 0.29) is 0 Å². The molecule has 0 radical (unpaired) electrons. The van der Waals surface area contributed by atoms with Crippen molar-refractivity contribution in [2.45, 2.75) is 167 Å². The third-order valence-corrected chi connectivity index (χ3v) is 19.6. The van der Waals surface area contributed by atoms with Crippen LogP contribution < -0.4 is 21.3 Å². The molecule has 0 unspecified atom stereocenters. The fourth-order valence-corrected chi connectivity index (χ4v) is 14.1. The molecule has 8 aromatic rings. The van der Waals surface area contributed by atoms with Crippen molar-refractivity contribution in [3.63, 3.8) is 0 Å². The zero-order chi connectivity index (χ0) is 64.3. The molecule has 0 amide bonds. The highest BCUT2D eigenvalue weighted by Crippen LogP contribution is 2.29. The molecule has 502 valence electrons. The van der Waals surface area contributed by atoms with Crippen molar-refractivity contribution in [1.82, 2.24) is 39.5 Å². The number of nitrogens with zero attached hydrogens (tertiary/aromatic N) is 8. The molecule has 4 N–H and O–H groups in total. The number of unbranched alkanes of at least 4 members (excludes halogenated alkanes) is 9.